The van der Waals surface area contributed by atoms with Crippen molar-refractivity contribution in [3.05, 3.63) is 98.3 Å². The standard InChI is InChI=1S/C23H21N3O3/c1-15-12-16(2)24-21-20(15)22(27)26(23(28)25(21)3)14-17-8-7-11-19(13-17)29-18-9-5-4-6-10-18/h4-13H,14H2,1-3H3. The van der Waals surface area contributed by atoms with Crippen LogP contribution in [0.3, 0.4) is 0 Å². The van der Waals surface area contributed by atoms with Gasteiger partial charge >= 0.3 is 5.69 Å². The van der Waals surface area contributed by atoms with Crippen LogP contribution >= 0.6 is 0 Å². The number of hydrogen-bond acceptors (Lipinski definition) is 4. The SMILES string of the molecule is Cc1cc(C)c2c(=O)n(Cc3cccc(Oc4ccccc4)c3)c(=O)n(C)c2n1. The molecule has 4 rings (SSSR count). The van der Waals surface area contributed by atoms with Crippen LogP contribution in [-0.4, -0.2) is 14.1 Å². The van der Waals surface area contributed by atoms with Gasteiger partial charge in [-0.15, -0.1) is 0 Å². The Hall–Kier alpha value is -3.67. The van der Waals surface area contributed by atoms with Crippen molar-refractivity contribution in [2.75, 3.05) is 0 Å². The molecule has 0 amide bonds. The van der Waals surface area contributed by atoms with Crippen LogP contribution in [0.4, 0.5) is 0 Å². The molecule has 0 aliphatic heterocycles. The van der Waals surface area contributed by atoms with Crippen LogP contribution in [0.1, 0.15) is 16.8 Å². The Bertz CT molecular complexity index is 1320. The van der Waals surface area contributed by atoms with Crippen molar-refractivity contribution in [3.63, 3.8) is 0 Å². The molecule has 0 N–H and O–H groups in total. The topological polar surface area (TPSA) is 66.1 Å². The maximum atomic E-state index is 13.1. The molecule has 0 unspecified atom stereocenters. The first-order valence-electron chi connectivity index (χ1n) is 9.33. The van der Waals surface area contributed by atoms with E-state index in [1.54, 1.807) is 7.05 Å². The summed E-state index contributed by atoms with van der Waals surface area (Å²) >= 11 is 0. The molecule has 2 aromatic carbocycles. The Morgan fingerprint density at radius 1 is 0.931 bits per heavy atom. The van der Waals surface area contributed by atoms with Crippen molar-refractivity contribution in [3.8, 4) is 11.5 Å². The molecular formula is C23H21N3O3. The fourth-order valence-electron chi connectivity index (χ4n) is 3.47. The highest BCUT2D eigenvalue weighted by Crippen LogP contribution is 2.22. The minimum atomic E-state index is -0.394. The summed E-state index contributed by atoms with van der Waals surface area (Å²) in [5.41, 5.74) is 2.07. The Balaban J connectivity index is 1.76. The highest BCUT2D eigenvalue weighted by molar-refractivity contribution is 5.78. The second kappa shape index (κ2) is 7.39. The number of hydrogen-bond donors (Lipinski definition) is 0. The molecule has 2 heterocycles. The van der Waals surface area contributed by atoms with Gasteiger partial charge in [-0.3, -0.25) is 13.9 Å². The molecule has 29 heavy (non-hydrogen) atoms. The van der Waals surface area contributed by atoms with Crippen molar-refractivity contribution in [2.24, 2.45) is 7.05 Å². The molecule has 6 nitrogen and oxygen atoms in total. The van der Waals surface area contributed by atoms with Gasteiger partial charge in [-0.1, -0.05) is 30.3 Å². The molecule has 0 radical (unpaired) electrons. The summed E-state index contributed by atoms with van der Waals surface area (Å²) in [5.74, 6) is 1.37. The molecule has 0 spiro atoms. The summed E-state index contributed by atoms with van der Waals surface area (Å²) in [6, 6.07) is 18.7. The maximum Gasteiger partial charge on any atom is 0.332 e. The van der Waals surface area contributed by atoms with Crippen LogP contribution in [0, 0.1) is 13.8 Å². The van der Waals surface area contributed by atoms with Crippen LogP contribution in [-0.2, 0) is 13.6 Å². The number of para-hydroxylation sites is 1. The van der Waals surface area contributed by atoms with Gasteiger partial charge in [0, 0.05) is 12.7 Å². The third-order valence-corrected chi connectivity index (χ3v) is 4.84. The summed E-state index contributed by atoms with van der Waals surface area (Å²) in [6.45, 7) is 3.86. The predicted octanol–water partition coefficient (Wildman–Crippen LogP) is 3.55. The molecule has 0 saturated carbocycles. The predicted molar refractivity (Wildman–Crippen MR) is 113 cm³/mol. The number of rotatable bonds is 4. The van der Waals surface area contributed by atoms with Crippen molar-refractivity contribution in [1.29, 1.82) is 0 Å². The van der Waals surface area contributed by atoms with Gasteiger partial charge in [-0.25, -0.2) is 9.78 Å². The van der Waals surface area contributed by atoms with E-state index in [2.05, 4.69) is 4.98 Å². The van der Waals surface area contributed by atoms with Crippen LogP contribution in [0.25, 0.3) is 11.0 Å². The average molecular weight is 387 g/mol. The van der Waals surface area contributed by atoms with Gasteiger partial charge in [-0.2, -0.15) is 0 Å². The normalized spacial score (nSPS) is 11.0. The highest BCUT2D eigenvalue weighted by Gasteiger charge is 2.15. The third kappa shape index (κ3) is 3.57. The second-order valence-electron chi connectivity index (χ2n) is 7.07. The van der Waals surface area contributed by atoms with Crippen molar-refractivity contribution < 1.29 is 4.74 Å². The van der Waals surface area contributed by atoms with Gasteiger partial charge in [0.15, 0.2) is 0 Å². The molecule has 0 aliphatic carbocycles. The Labute approximate surface area is 167 Å². The molecule has 6 heteroatoms. The molecular weight excluding hydrogens is 366 g/mol. The summed E-state index contributed by atoms with van der Waals surface area (Å²) in [5, 5.41) is 0.467. The molecule has 2 aromatic heterocycles. The van der Waals surface area contributed by atoms with Crippen molar-refractivity contribution in [1.82, 2.24) is 14.1 Å². The van der Waals surface area contributed by atoms with Gasteiger partial charge in [0.05, 0.1) is 11.9 Å². The van der Waals surface area contributed by atoms with E-state index in [4.69, 9.17) is 4.74 Å². The number of benzene rings is 2. The lowest BCUT2D eigenvalue weighted by Gasteiger charge is -2.13. The summed E-state index contributed by atoms with van der Waals surface area (Å²) in [4.78, 5) is 30.3. The number of aromatic nitrogens is 3. The van der Waals surface area contributed by atoms with E-state index < -0.39 is 5.69 Å². The van der Waals surface area contributed by atoms with Crippen molar-refractivity contribution >= 4 is 11.0 Å². The monoisotopic (exact) mass is 387 g/mol. The van der Waals surface area contributed by atoms with Gasteiger partial charge < -0.3 is 4.74 Å². The second-order valence-corrected chi connectivity index (χ2v) is 7.07. The van der Waals surface area contributed by atoms with E-state index in [0.29, 0.717) is 16.8 Å². The zero-order chi connectivity index (χ0) is 20.5. The number of ether oxygens (including phenoxy) is 1. The largest absolute Gasteiger partial charge is 0.457 e. The lowest BCUT2D eigenvalue weighted by Crippen LogP contribution is -2.40. The lowest BCUT2D eigenvalue weighted by atomic mass is 10.1. The van der Waals surface area contributed by atoms with E-state index >= 15 is 0 Å². The lowest BCUT2D eigenvalue weighted by molar-refractivity contribution is 0.481. The fourth-order valence-corrected chi connectivity index (χ4v) is 3.47. The first-order chi connectivity index (χ1) is 13.9. The van der Waals surface area contributed by atoms with E-state index in [1.165, 1.54) is 9.13 Å². The first-order valence-corrected chi connectivity index (χ1v) is 9.33. The highest BCUT2D eigenvalue weighted by atomic mass is 16.5. The van der Waals surface area contributed by atoms with Crippen LogP contribution < -0.4 is 16.0 Å². The molecule has 0 aliphatic rings. The number of pyridine rings is 1. The van der Waals surface area contributed by atoms with E-state index in [9.17, 15) is 9.59 Å². The smallest absolute Gasteiger partial charge is 0.332 e. The molecule has 0 saturated heterocycles. The first kappa shape index (κ1) is 18.7. The minimum Gasteiger partial charge on any atom is -0.457 e. The Morgan fingerprint density at radius 3 is 2.41 bits per heavy atom. The Morgan fingerprint density at radius 2 is 1.66 bits per heavy atom. The average Bonchev–Trinajstić information content (AvgIpc) is 2.70. The van der Waals surface area contributed by atoms with Gasteiger partial charge in [0.25, 0.3) is 5.56 Å². The number of nitrogens with zero attached hydrogens (tertiary/aromatic N) is 3. The molecule has 146 valence electrons. The van der Waals surface area contributed by atoms with Crippen LogP contribution in [0.15, 0.2) is 70.3 Å². The Kier molecular flexibility index (Phi) is 4.76. The van der Waals surface area contributed by atoms with E-state index in [-0.39, 0.29) is 12.1 Å². The minimum absolute atomic E-state index is 0.154. The summed E-state index contributed by atoms with van der Waals surface area (Å²) < 4.78 is 8.54. The maximum absolute atomic E-state index is 13.1. The van der Waals surface area contributed by atoms with Crippen LogP contribution in [0.2, 0.25) is 0 Å². The van der Waals surface area contributed by atoms with Gasteiger partial charge in [-0.05, 0) is 55.3 Å². The fraction of sp³-hybridized carbons (Fsp3) is 0.174. The molecule has 4 aromatic rings. The van der Waals surface area contributed by atoms with Crippen LogP contribution in [0.5, 0.6) is 11.5 Å². The molecule has 0 atom stereocenters. The quantitative estimate of drug-likeness (QED) is 0.537. The number of fused-ring (bicyclic) bond motifs is 1. The van der Waals surface area contributed by atoms with E-state index in [0.717, 1.165) is 22.6 Å². The van der Waals surface area contributed by atoms with Gasteiger partial charge in [0.2, 0.25) is 0 Å². The number of aryl methyl sites for hydroxylation is 3. The zero-order valence-electron chi connectivity index (χ0n) is 16.5. The molecule has 0 bridgehead atoms. The summed E-state index contributed by atoms with van der Waals surface area (Å²) in [7, 11) is 1.64. The zero-order valence-corrected chi connectivity index (χ0v) is 16.5. The van der Waals surface area contributed by atoms with Gasteiger partial charge in [0.1, 0.15) is 17.1 Å². The van der Waals surface area contributed by atoms with E-state index in [1.807, 2.05) is 74.5 Å². The van der Waals surface area contributed by atoms with Crippen molar-refractivity contribution in [2.45, 2.75) is 20.4 Å². The third-order valence-electron chi connectivity index (χ3n) is 4.84. The molecule has 0 fully saturated rings. The summed E-state index contributed by atoms with van der Waals surface area (Å²) in [6.07, 6.45) is 0.